The van der Waals surface area contributed by atoms with Crippen LogP contribution >= 0.6 is 11.3 Å². The predicted molar refractivity (Wildman–Crippen MR) is 86.5 cm³/mol. The fourth-order valence-electron chi connectivity index (χ4n) is 2.26. The number of ether oxygens (including phenoxy) is 2. The average Bonchev–Trinajstić information content (AvgIpc) is 3.21. The van der Waals surface area contributed by atoms with Crippen LogP contribution in [0.15, 0.2) is 40.0 Å². The molecule has 0 fully saturated rings. The van der Waals surface area contributed by atoms with Gasteiger partial charge in [0.15, 0.2) is 0 Å². The van der Waals surface area contributed by atoms with Gasteiger partial charge in [0, 0.05) is 13.7 Å². The van der Waals surface area contributed by atoms with Crippen molar-refractivity contribution in [3.63, 3.8) is 0 Å². The fraction of sp³-hybridized carbons (Fsp3) is 0.312. The van der Waals surface area contributed by atoms with Gasteiger partial charge in [0.1, 0.15) is 18.2 Å². The summed E-state index contributed by atoms with van der Waals surface area (Å²) in [7, 11) is 1.67. The number of nitrogens with one attached hydrogen (secondary N) is 1. The molecule has 5 heteroatoms. The molecule has 0 bridgehead atoms. The van der Waals surface area contributed by atoms with E-state index in [1.807, 2.05) is 6.07 Å². The first-order valence-corrected chi connectivity index (χ1v) is 7.90. The Hall–Kier alpha value is -1.85. The zero-order valence-corrected chi connectivity index (χ0v) is 12.8. The van der Waals surface area contributed by atoms with Crippen LogP contribution in [0.2, 0.25) is 0 Å². The normalized spacial score (nSPS) is 13.9. The Bertz CT molecular complexity index is 623. The molecule has 0 saturated carbocycles. The first-order valence-electron chi connectivity index (χ1n) is 6.95. The van der Waals surface area contributed by atoms with Crippen molar-refractivity contribution in [2.24, 2.45) is 4.99 Å². The van der Waals surface area contributed by atoms with Gasteiger partial charge in [-0.25, -0.2) is 0 Å². The van der Waals surface area contributed by atoms with Crippen LogP contribution in [0.3, 0.4) is 0 Å². The smallest absolute Gasteiger partial charge is 0.132 e. The van der Waals surface area contributed by atoms with Crippen LogP contribution in [0, 0.1) is 0 Å². The molecule has 2 aromatic rings. The molecule has 21 heavy (non-hydrogen) atoms. The summed E-state index contributed by atoms with van der Waals surface area (Å²) in [5, 5.41) is 7.55. The molecule has 1 N–H and O–H groups in total. The summed E-state index contributed by atoms with van der Waals surface area (Å²) in [6.07, 6.45) is 0. The van der Waals surface area contributed by atoms with E-state index in [2.05, 4.69) is 39.3 Å². The van der Waals surface area contributed by atoms with Crippen molar-refractivity contribution in [1.82, 2.24) is 5.32 Å². The van der Waals surface area contributed by atoms with Crippen molar-refractivity contribution in [3.05, 3.63) is 40.6 Å². The molecule has 2 heterocycles. The second-order valence-electron chi connectivity index (χ2n) is 4.72. The Kier molecular flexibility index (Phi) is 4.52. The lowest BCUT2D eigenvalue weighted by Gasteiger charge is -2.13. The molecular formula is C16H18N2O2S. The number of methoxy groups -OCH3 is 1. The van der Waals surface area contributed by atoms with Gasteiger partial charge in [-0.3, -0.25) is 4.99 Å². The Balaban J connectivity index is 1.92. The number of benzene rings is 1. The van der Waals surface area contributed by atoms with Crippen LogP contribution in [0.4, 0.5) is 0 Å². The molecule has 1 aromatic heterocycles. The van der Waals surface area contributed by atoms with Gasteiger partial charge >= 0.3 is 0 Å². The van der Waals surface area contributed by atoms with Crippen LogP contribution in [0.25, 0.3) is 11.1 Å². The van der Waals surface area contributed by atoms with Gasteiger partial charge in [-0.2, -0.15) is 11.3 Å². The van der Waals surface area contributed by atoms with Crippen molar-refractivity contribution in [2.45, 2.75) is 0 Å². The lowest BCUT2D eigenvalue weighted by atomic mass is 10.0. The maximum absolute atomic E-state index is 5.82. The van der Waals surface area contributed by atoms with Crippen LogP contribution in [-0.4, -0.2) is 39.2 Å². The first kappa shape index (κ1) is 14.1. The third-order valence-corrected chi connectivity index (χ3v) is 3.99. The molecule has 4 nitrogen and oxygen atoms in total. The van der Waals surface area contributed by atoms with Gasteiger partial charge in [0.05, 0.1) is 18.7 Å². The highest BCUT2D eigenvalue weighted by Gasteiger charge is 2.15. The van der Waals surface area contributed by atoms with Crippen molar-refractivity contribution >= 4 is 17.2 Å². The van der Waals surface area contributed by atoms with E-state index in [0.29, 0.717) is 13.2 Å². The molecular weight excluding hydrogens is 284 g/mol. The number of thiophene rings is 1. The summed E-state index contributed by atoms with van der Waals surface area (Å²) in [4.78, 5) is 4.51. The highest BCUT2D eigenvalue weighted by Crippen LogP contribution is 2.28. The summed E-state index contributed by atoms with van der Waals surface area (Å²) in [5.74, 6) is 1.76. The number of nitrogens with zero attached hydrogens (tertiary/aromatic N) is 1. The molecule has 0 radical (unpaired) electrons. The molecule has 0 saturated heterocycles. The minimum absolute atomic E-state index is 0.536. The Labute approximate surface area is 128 Å². The summed E-state index contributed by atoms with van der Waals surface area (Å²) in [6, 6.07) is 8.37. The summed E-state index contributed by atoms with van der Waals surface area (Å²) >= 11 is 1.70. The highest BCUT2D eigenvalue weighted by molar-refractivity contribution is 7.08. The number of aliphatic imine (C=N–C) groups is 1. The first-order chi connectivity index (χ1) is 10.4. The largest absolute Gasteiger partial charge is 0.490 e. The topological polar surface area (TPSA) is 42.9 Å². The summed E-state index contributed by atoms with van der Waals surface area (Å²) < 4.78 is 10.9. The third kappa shape index (κ3) is 3.25. The van der Waals surface area contributed by atoms with Gasteiger partial charge in [-0.1, -0.05) is 6.07 Å². The Morgan fingerprint density at radius 2 is 2.19 bits per heavy atom. The van der Waals surface area contributed by atoms with Gasteiger partial charge in [0.2, 0.25) is 0 Å². The number of hydrogen-bond donors (Lipinski definition) is 1. The van der Waals surface area contributed by atoms with E-state index in [9.17, 15) is 0 Å². The number of rotatable bonds is 6. The zero-order chi connectivity index (χ0) is 14.5. The summed E-state index contributed by atoms with van der Waals surface area (Å²) in [5.41, 5.74) is 3.43. The van der Waals surface area contributed by atoms with Crippen molar-refractivity contribution in [3.8, 4) is 16.9 Å². The van der Waals surface area contributed by atoms with Crippen molar-refractivity contribution in [1.29, 1.82) is 0 Å². The number of amidine groups is 1. The molecule has 3 rings (SSSR count). The quantitative estimate of drug-likeness (QED) is 0.834. The van der Waals surface area contributed by atoms with Crippen molar-refractivity contribution < 1.29 is 9.47 Å². The van der Waals surface area contributed by atoms with E-state index in [0.717, 1.165) is 30.2 Å². The van der Waals surface area contributed by atoms with E-state index in [1.165, 1.54) is 11.1 Å². The minimum Gasteiger partial charge on any atom is -0.490 e. The molecule has 0 atom stereocenters. The van der Waals surface area contributed by atoms with E-state index in [4.69, 9.17) is 9.47 Å². The highest BCUT2D eigenvalue weighted by atomic mass is 32.1. The van der Waals surface area contributed by atoms with Crippen LogP contribution < -0.4 is 10.1 Å². The maximum Gasteiger partial charge on any atom is 0.132 e. The van der Waals surface area contributed by atoms with Gasteiger partial charge in [-0.05, 0) is 40.1 Å². The third-order valence-electron chi connectivity index (χ3n) is 3.31. The fourth-order valence-corrected chi connectivity index (χ4v) is 2.93. The van der Waals surface area contributed by atoms with E-state index in [-0.39, 0.29) is 0 Å². The maximum atomic E-state index is 5.82. The minimum atomic E-state index is 0.536. The van der Waals surface area contributed by atoms with E-state index in [1.54, 1.807) is 18.4 Å². The monoisotopic (exact) mass is 302 g/mol. The molecule has 0 unspecified atom stereocenters. The molecule has 110 valence electrons. The van der Waals surface area contributed by atoms with Crippen molar-refractivity contribution in [2.75, 3.05) is 33.4 Å². The standard InChI is InChI=1S/C16H18N2O2S/c1-19-7-8-20-15-3-2-12(13-4-9-21-11-13)10-14(15)16-17-5-6-18-16/h2-4,9-11H,5-8H2,1H3,(H,17,18). The second-order valence-corrected chi connectivity index (χ2v) is 5.50. The molecule has 0 aliphatic carbocycles. The van der Waals surface area contributed by atoms with E-state index < -0.39 is 0 Å². The SMILES string of the molecule is COCCOc1ccc(-c2ccsc2)cc1C1=NCCN1. The Morgan fingerprint density at radius 1 is 1.24 bits per heavy atom. The summed E-state index contributed by atoms with van der Waals surface area (Å²) in [6.45, 7) is 2.81. The number of hydrogen-bond acceptors (Lipinski definition) is 5. The lowest BCUT2D eigenvalue weighted by Crippen LogP contribution is -2.20. The van der Waals surface area contributed by atoms with Crippen LogP contribution in [0.5, 0.6) is 5.75 Å². The molecule has 0 spiro atoms. The lowest BCUT2D eigenvalue weighted by molar-refractivity contribution is 0.146. The predicted octanol–water partition coefficient (Wildman–Crippen LogP) is 2.79. The average molecular weight is 302 g/mol. The van der Waals surface area contributed by atoms with Gasteiger partial charge < -0.3 is 14.8 Å². The molecule has 1 aromatic carbocycles. The molecule has 1 aliphatic rings. The Morgan fingerprint density at radius 3 is 2.90 bits per heavy atom. The van der Waals surface area contributed by atoms with E-state index >= 15 is 0 Å². The zero-order valence-electron chi connectivity index (χ0n) is 12.0. The molecule has 1 aliphatic heterocycles. The van der Waals surface area contributed by atoms with Crippen LogP contribution in [0.1, 0.15) is 5.56 Å². The van der Waals surface area contributed by atoms with Crippen LogP contribution in [-0.2, 0) is 4.74 Å². The second kappa shape index (κ2) is 6.74. The molecule has 0 amide bonds. The van der Waals surface area contributed by atoms with Gasteiger partial charge in [-0.15, -0.1) is 0 Å². The van der Waals surface area contributed by atoms with Gasteiger partial charge in [0.25, 0.3) is 0 Å².